The number of fused-ring (bicyclic) bond motifs is 1. The predicted molar refractivity (Wildman–Crippen MR) is 209 cm³/mol. The van der Waals surface area contributed by atoms with Crippen LogP contribution in [0.1, 0.15) is 94.7 Å². The molecule has 5 rings (SSSR count). The van der Waals surface area contributed by atoms with E-state index in [9.17, 15) is 9.59 Å². The zero-order chi connectivity index (χ0) is 37.5. The number of furan rings is 1. The Balaban J connectivity index is 0.000000585. The number of carbonyl (C=O) groups excluding carboxylic acids is 2. The summed E-state index contributed by atoms with van der Waals surface area (Å²) in [6.07, 6.45) is 6.33. The van der Waals surface area contributed by atoms with Crippen LogP contribution in [0.3, 0.4) is 0 Å². The maximum atomic E-state index is 13.0. The van der Waals surface area contributed by atoms with E-state index in [4.69, 9.17) is 18.6 Å². The van der Waals surface area contributed by atoms with Crippen LogP contribution in [-0.2, 0) is 36.8 Å². The van der Waals surface area contributed by atoms with Gasteiger partial charge in [0.05, 0.1) is 12.5 Å². The molecule has 1 aromatic heterocycles. The van der Waals surface area contributed by atoms with Crippen molar-refractivity contribution in [2.75, 3.05) is 13.7 Å². The van der Waals surface area contributed by atoms with Gasteiger partial charge in [0.25, 0.3) is 0 Å². The quantitative estimate of drug-likeness (QED) is 0.0739. The number of benzene rings is 3. The molecule has 4 aromatic rings. The molecule has 0 N–H and O–H groups in total. The summed E-state index contributed by atoms with van der Waals surface area (Å²) in [5.41, 5.74) is 5.77. The van der Waals surface area contributed by atoms with Crippen LogP contribution in [0.2, 0.25) is 0 Å². The smallest absolute Gasteiger partial charge is 0.334 e. The Bertz CT molecular complexity index is 1790. The minimum atomic E-state index is -0.431. The van der Waals surface area contributed by atoms with Crippen molar-refractivity contribution in [2.45, 2.75) is 92.8 Å². The van der Waals surface area contributed by atoms with E-state index in [-0.39, 0.29) is 24.5 Å². The molecule has 276 valence electrons. The first kappa shape index (κ1) is 40.2. The molecule has 2 heterocycles. The molecular weight excluding hydrogens is 649 g/mol. The molecule has 1 saturated heterocycles. The molecule has 3 aromatic carbocycles. The Morgan fingerprint density at radius 2 is 1.60 bits per heavy atom. The highest BCUT2D eigenvalue weighted by atomic mass is 16.6. The van der Waals surface area contributed by atoms with Gasteiger partial charge in [-0.2, -0.15) is 0 Å². The van der Waals surface area contributed by atoms with Crippen LogP contribution in [0.25, 0.3) is 11.0 Å². The number of ether oxygens (including phenoxy) is 3. The summed E-state index contributed by atoms with van der Waals surface area (Å²) in [7, 11) is 1.70. The molecule has 1 fully saturated rings. The summed E-state index contributed by atoms with van der Waals surface area (Å²) in [6.45, 7) is 13.8. The van der Waals surface area contributed by atoms with E-state index in [1.165, 1.54) is 11.1 Å². The summed E-state index contributed by atoms with van der Waals surface area (Å²) in [5.74, 6) is 8.04. The Kier molecular flexibility index (Phi) is 15.8. The number of hydrogen-bond acceptors (Lipinski definition) is 6. The normalized spacial score (nSPS) is 15.4. The molecule has 0 spiro atoms. The third-order valence-corrected chi connectivity index (χ3v) is 9.10. The molecule has 1 aliphatic heterocycles. The Morgan fingerprint density at radius 1 is 0.923 bits per heavy atom. The predicted octanol–water partition coefficient (Wildman–Crippen LogP) is 10.4. The lowest BCUT2D eigenvalue weighted by atomic mass is 9.86. The largest absolute Gasteiger partial charge is 0.462 e. The van der Waals surface area contributed by atoms with Crippen molar-refractivity contribution in [1.82, 2.24) is 0 Å². The van der Waals surface area contributed by atoms with Gasteiger partial charge in [0.15, 0.2) is 0 Å². The van der Waals surface area contributed by atoms with Gasteiger partial charge in [0.2, 0.25) is 0 Å². The molecule has 2 atom stereocenters. The molecule has 0 saturated carbocycles. The molecule has 6 heteroatoms. The van der Waals surface area contributed by atoms with Gasteiger partial charge in [-0.15, -0.1) is 0 Å². The first-order valence-electron chi connectivity index (χ1n) is 18.7. The van der Waals surface area contributed by atoms with Crippen molar-refractivity contribution in [2.24, 2.45) is 23.7 Å². The van der Waals surface area contributed by atoms with Gasteiger partial charge >= 0.3 is 11.9 Å². The molecule has 6 nitrogen and oxygen atoms in total. The average molecular weight is 705 g/mol. The maximum absolute atomic E-state index is 13.0. The number of cyclic esters (lactones) is 1. The van der Waals surface area contributed by atoms with Crippen LogP contribution in [-0.4, -0.2) is 31.8 Å². The number of carbonyl (C=O) groups is 2. The molecule has 1 aliphatic rings. The van der Waals surface area contributed by atoms with Crippen molar-refractivity contribution in [1.29, 1.82) is 0 Å². The van der Waals surface area contributed by atoms with Gasteiger partial charge in [-0.1, -0.05) is 101 Å². The lowest BCUT2D eigenvalue weighted by Gasteiger charge is -2.19. The molecule has 52 heavy (non-hydrogen) atoms. The number of esters is 2. The Hall–Kier alpha value is -4.60. The van der Waals surface area contributed by atoms with Crippen LogP contribution in [0.15, 0.2) is 94.9 Å². The van der Waals surface area contributed by atoms with Gasteiger partial charge in [-0.25, -0.2) is 4.79 Å². The molecule has 0 aliphatic carbocycles. The van der Waals surface area contributed by atoms with Crippen molar-refractivity contribution in [3.8, 4) is 11.8 Å². The van der Waals surface area contributed by atoms with Crippen LogP contribution >= 0.6 is 0 Å². The van der Waals surface area contributed by atoms with Gasteiger partial charge in [-0.3, -0.25) is 4.79 Å². The molecule has 0 amide bonds. The van der Waals surface area contributed by atoms with E-state index < -0.39 is 6.10 Å². The lowest BCUT2D eigenvalue weighted by Crippen LogP contribution is -2.24. The minimum absolute atomic E-state index is 0.0724. The van der Waals surface area contributed by atoms with Gasteiger partial charge in [0, 0.05) is 42.0 Å². The fourth-order valence-corrected chi connectivity index (χ4v) is 6.52. The van der Waals surface area contributed by atoms with Gasteiger partial charge in [0.1, 0.15) is 24.1 Å². The van der Waals surface area contributed by atoms with Crippen molar-refractivity contribution >= 4 is 22.9 Å². The van der Waals surface area contributed by atoms with Crippen LogP contribution < -0.4 is 0 Å². The van der Waals surface area contributed by atoms with Crippen LogP contribution in [0.4, 0.5) is 0 Å². The van der Waals surface area contributed by atoms with E-state index in [1.807, 2.05) is 73.7 Å². The van der Waals surface area contributed by atoms with Crippen LogP contribution in [0, 0.1) is 42.4 Å². The van der Waals surface area contributed by atoms with Crippen molar-refractivity contribution in [3.63, 3.8) is 0 Å². The number of methoxy groups -OCH3 is 1. The zero-order valence-corrected chi connectivity index (χ0v) is 32.1. The second kappa shape index (κ2) is 20.4. The monoisotopic (exact) mass is 704 g/mol. The number of aryl methyl sites for hydroxylation is 1. The summed E-state index contributed by atoms with van der Waals surface area (Å²) < 4.78 is 22.2. The minimum Gasteiger partial charge on any atom is -0.462 e. The second-order valence-electron chi connectivity index (χ2n) is 14.8. The van der Waals surface area contributed by atoms with Crippen molar-refractivity contribution < 1.29 is 28.2 Å². The standard InChI is InChI=1S/C38H46O5.C8H10O/c1-7-31(21-34-23-33-20-29(15-17-36(33)42-34)13-12-28-10-8-27(6)9-11-28)37(39)41-24-35-22-32(38(40)43-35)16-14-30(18-25(2)3)19-26(4)5;1-9-7-8-5-3-2-4-6-8/h8-11,15-17,20,23,25-26,30-31,35H,7,14,18-19,21-22,24H2,1-6H3;2-6H,7H2,1H3/b32-16+;. The summed E-state index contributed by atoms with van der Waals surface area (Å²) in [5, 5.41) is 0.954. The summed E-state index contributed by atoms with van der Waals surface area (Å²) in [6, 6.07) is 26.1. The number of allylic oxidation sites excluding steroid dienone is 1. The highest BCUT2D eigenvalue weighted by molar-refractivity contribution is 5.90. The van der Waals surface area contributed by atoms with E-state index >= 15 is 0 Å². The Morgan fingerprint density at radius 3 is 2.25 bits per heavy atom. The molecule has 2 unspecified atom stereocenters. The third-order valence-electron chi connectivity index (χ3n) is 9.10. The van der Waals surface area contributed by atoms with E-state index in [1.54, 1.807) is 7.11 Å². The van der Waals surface area contributed by atoms with E-state index in [0.717, 1.165) is 47.1 Å². The zero-order valence-electron chi connectivity index (χ0n) is 32.1. The highest BCUT2D eigenvalue weighted by Crippen LogP contribution is 2.28. The first-order chi connectivity index (χ1) is 25.0. The molecular formula is C46H56O6. The fraction of sp³-hybridized carbons (Fsp3) is 0.435. The lowest BCUT2D eigenvalue weighted by molar-refractivity contribution is -0.155. The van der Waals surface area contributed by atoms with Gasteiger partial charge in [-0.05, 0) is 92.3 Å². The number of hydrogen-bond donors (Lipinski definition) is 0. The fourth-order valence-electron chi connectivity index (χ4n) is 6.52. The first-order valence-corrected chi connectivity index (χ1v) is 18.7. The van der Waals surface area contributed by atoms with E-state index in [0.29, 0.717) is 49.2 Å². The maximum Gasteiger partial charge on any atom is 0.334 e. The van der Waals surface area contributed by atoms with Crippen LogP contribution in [0.5, 0.6) is 0 Å². The highest BCUT2D eigenvalue weighted by Gasteiger charge is 2.31. The molecule has 0 bridgehead atoms. The van der Waals surface area contributed by atoms with E-state index in [2.05, 4.69) is 64.7 Å². The average Bonchev–Trinajstić information content (AvgIpc) is 3.70. The number of rotatable bonds is 14. The second-order valence-corrected chi connectivity index (χ2v) is 14.8. The Labute approximate surface area is 310 Å². The SMILES string of the molecule is CCC(Cc1cc2cc(C#Cc3ccc(C)cc3)ccc2o1)C(=O)OCC1C/C(=C\CC(CC(C)C)CC(C)C)C(=O)O1.COCc1ccccc1. The summed E-state index contributed by atoms with van der Waals surface area (Å²) in [4.78, 5) is 25.5. The molecule has 0 radical (unpaired) electrons. The third kappa shape index (κ3) is 13.2. The van der Waals surface area contributed by atoms with Gasteiger partial charge < -0.3 is 18.6 Å². The topological polar surface area (TPSA) is 75.0 Å². The summed E-state index contributed by atoms with van der Waals surface area (Å²) >= 11 is 0. The van der Waals surface area contributed by atoms with Crippen molar-refractivity contribution in [3.05, 3.63) is 119 Å².